The van der Waals surface area contributed by atoms with Crippen molar-refractivity contribution in [1.82, 2.24) is 0 Å². The van der Waals surface area contributed by atoms with Crippen LogP contribution in [0.1, 0.15) is 5.56 Å². The second-order valence-electron chi connectivity index (χ2n) is 4.21. The third-order valence-electron chi connectivity index (χ3n) is 2.71. The van der Waals surface area contributed by atoms with Crippen molar-refractivity contribution in [1.29, 1.82) is 0 Å². The van der Waals surface area contributed by atoms with E-state index in [9.17, 15) is 4.79 Å². The summed E-state index contributed by atoms with van der Waals surface area (Å²) < 4.78 is 0. The van der Waals surface area contributed by atoms with Crippen LogP contribution < -0.4 is 5.01 Å². The number of carbonyl (C=O) groups is 1. The first-order valence-corrected chi connectivity index (χ1v) is 7.04. The van der Waals surface area contributed by atoms with Crippen LogP contribution >= 0.6 is 11.6 Å². The molecular formula is C17H15ClN2O. The lowest BCUT2D eigenvalue weighted by atomic mass is 10.2. The van der Waals surface area contributed by atoms with Gasteiger partial charge in [0.05, 0.1) is 5.69 Å². The first kappa shape index (κ1) is 15.0. The maximum atomic E-state index is 11.8. The van der Waals surface area contributed by atoms with E-state index in [2.05, 4.69) is 5.10 Å². The van der Waals surface area contributed by atoms with Gasteiger partial charge in [0.15, 0.2) is 0 Å². The molecule has 0 saturated heterocycles. The van der Waals surface area contributed by atoms with Gasteiger partial charge in [0.1, 0.15) is 5.88 Å². The summed E-state index contributed by atoms with van der Waals surface area (Å²) in [6.07, 6.45) is 5.27. The number of amides is 1. The van der Waals surface area contributed by atoms with E-state index >= 15 is 0 Å². The van der Waals surface area contributed by atoms with Crippen LogP contribution in [0.25, 0.3) is 6.08 Å². The van der Waals surface area contributed by atoms with Crippen LogP contribution in [-0.4, -0.2) is 18.0 Å². The lowest BCUT2D eigenvalue weighted by Crippen LogP contribution is -2.26. The summed E-state index contributed by atoms with van der Waals surface area (Å²) in [4.78, 5) is 11.8. The summed E-state index contributed by atoms with van der Waals surface area (Å²) in [5, 5.41) is 5.46. The molecule has 0 radical (unpaired) electrons. The van der Waals surface area contributed by atoms with Gasteiger partial charge >= 0.3 is 0 Å². The van der Waals surface area contributed by atoms with E-state index in [1.54, 1.807) is 12.3 Å². The fourth-order valence-corrected chi connectivity index (χ4v) is 1.84. The van der Waals surface area contributed by atoms with Gasteiger partial charge in [-0.05, 0) is 23.8 Å². The van der Waals surface area contributed by atoms with Gasteiger partial charge in [-0.1, -0.05) is 54.6 Å². The predicted octanol–water partition coefficient (Wildman–Crippen LogP) is 3.96. The van der Waals surface area contributed by atoms with Crippen molar-refractivity contribution in [2.24, 2.45) is 5.10 Å². The molecule has 3 nitrogen and oxygen atoms in total. The number of para-hydroxylation sites is 1. The third-order valence-corrected chi connectivity index (χ3v) is 2.94. The summed E-state index contributed by atoms with van der Waals surface area (Å²) in [7, 11) is 0. The largest absolute Gasteiger partial charge is 0.271 e. The highest BCUT2D eigenvalue weighted by Gasteiger charge is 2.12. The van der Waals surface area contributed by atoms with E-state index in [1.165, 1.54) is 5.01 Å². The Kier molecular flexibility index (Phi) is 5.73. The molecule has 0 bridgehead atoms. The standard InChI is InChI=1S/C17H15ClN2O/c18-14-17(21)20(16-11-5-2-6-12-16)19-13-7-10-15-8-3-1-4-9-15/h1-13H,14H2/b10-7+,19-13+. The minimum absolute atomic E-state index is 0.116. The Labute approximate surface area is 129 Å². The Morgan fingerprint density at radius 3 is 2.29 bits per heavy atom. The molecule has 2 aromatic carbocycles. The number of benzene rings is 2. The molecular weight excluding hydrogens is 284 g/mol. The van der Waals surface area contributed by atoms with E-state index in [-0.39, 0.29) is 11.8 Å². The van der Waals surface area contributed by atoms with E-state index in [1.807, 2.05) is 66.7 Å². The highest BCUT2D eigenvalue weighted by Crippen LogP contribution is 2.14. The number of halogens is 1. The summed E-state index contributed by atoms with van der Waals surface area (Å²) in [5.41, 5.74) is 1.76. The van der Waals surface area contributed by atoms with Crippen LogP contribution in [0.5, 0.6) is 0 Å². The number of anilines is 1. The van der Waals surface area contributed by atoms with E-state index in [0.29, 0.717) is 5.69 Å². The van der Waals surface area contributed by atoms with Gasteiger partial charge in [-0.15, -0.1) is 11.6 Å². The summed E-state index contributed by atoms with van der Waals surface area (Å²) in [6.45, 7) is 0. The molecule has 21 heavy (non-hydrogen) atoms. The van der Waals surface area contributed by atoms with Gasteiger partial charge < -0.3 is 0 Å². The molecule has 0 heterocycles. The molecule has 0 saturated carbocycles. The third kappa shape index (κ3) is 4.58. The first-order chi connectivity index (χ1) is 10.3. The number of carbonyl (C=O) groups excluding carboxylic acids is 1. The molecule has 0 aromatic heterocycles. The number of alkyl halides is 1. The Hall–Kier alpha value is -2.39. The van der Waals surface area contributed by atoms with Crippen molar-refractivity contribution in [3.63, 3.8) is 0 Å². The number of hydrogen-bond donors (Lipinski definition) is 0. The Balaban J connectivity index is 2.11. The van der Waals surface area contributed by atoms with Crippen molar-refractivity contribution < 1.29 is 4.79 Å². The fourth-order valence-electron chi connectivity index (χ4n) is 1.72. The Morgan fingerprint density at radius 1 is 1.05 bits per heavy atom. The second-order valence-corrected chi connectivity index (χ2v) is 4.48. The highest BCUT2D eigenvalue weighted by atomic mass is 35.5. The summed E-state index contributed by atoms with van der Waals surface area (Å²) >= 11 is 5.62. The zero-order chi connectivity index (χ0) is 14.9. The summed E-state index contributed by atoms with van der Waals surface area (Å²) in [5.74, 6) is -0.388. The first-order valence-electron chi connectivity index (χ1n) is 6.51. The van der Waals surface area contributed by atoms with Crippen molar-refractivity contribution in [2.75, 3.05) is 10.9 Å². The second kappa shape index (κ2) is 8.02. The van der Waals surface area contributed by atoms with Crippen molar-refractivity contribution in [2.45, 2.75) is 0 Å². The highest BCUT2D eigenvalue weighted by molar-refractivity contribution is 6.29. The van der Waals surface area contributed by atoms with E-state index < -0.39 is 0 Å². The average molecular weight is 299 g/mol. The zero-order valence-corrected chi connectivity index (χ0v) is 12.1. The van der Waals surface area contributed by atoms with Crippen molar-refractivity contribution in [3.05, 3.63) is 72.3 Å². The number of hydrogen-bond acceptors (Lipinski definition) is 2. The van der Waals surface area contributed by atoms with Crippen LogP contribution in [0, 0.1) is 0 Å². The van der Waals surface area contributed by atoms with Crippen LogP contribution in [-0.2, 0) is 4.79 Å². The van der Waals surface area contributed by atoms with Crippen molar-refractivity contribution in [3.8, 4) is 0 Å². The Morgan fingerprint density at radius 2 is 1.67 bits per heavy atom. The summed E-state index contributed by atoms with van der Waals surface area (Å²) in [6, 6.07) is 19.1. The van der Waals surface area contributed by atoms with Gasteiger partial charge in [0, 0.05) is 6.21 Å². The quantitative estimate of drug-likeness (QED) is 0.467. The monoisotopic (exact) mass is 298 g/mol. The van der Waals surface area contributed by atoms with Gasteiger partial charge in [0.25, 0.3) is 5.91 Å². The number of rotatable bonds is 5. The van der Waals surface area contributed by atoms with Crippen LogP contribution in [0.3, 0.4) is 0 Å². The van der Waals surface area contributed by atoms with E-state index in [4.69, 9.17) is 11.6 Å². The predicted molar refractivity (Wildman–Crippen MR) is 88.6 cm³/mol. The van der Waals surface area contributed by atoms with E-state index in [0.717, 1.165) is 5.56 Å². The molecule has 0 aliphatic rings. The molecule has 2 rings (SSSR count). The smallest absolute Gasteiger partial charge is 0.262 e. The molecule has 0 unspecified atom stereocenters. The van der Waals surface area contributed by atoms with Gasteiger partial charge in [-0.3, -0.25) is 4.79 Å². The normalized spacial score (nSPS) is 11.1. The van der Waals surface area contributed by atoms with Crippen molar-refractivity contribution >= 4 is 35.5 Å². The number of nitrogens with zero attached hydrogens (tertiary/aromatic N) is 2. The van der Waals surface area contributed by atoms with Gasteiger partial charge in [-0.25, -0.2) is 0 Å². The lowest BCUT2D eigenvalue weighted by Gasteiger charge is -2.15. The minimum atomic E-state index is -0.271. The maximum absolute atomic E-state index is 11.8. The molecule has 1 amide bonds. The zero-order valence-electron chi connectivity index (χ0n) is 11.4. The molecule has 0 aliphatic carbocycles. The average Bonchev–Trinajstić information content (AvgIpc) is 2.56. The molecule has 106 valence electrons. The number of allylic oxidation sites excluding steroid dienone is 1. The molecule has 0 aliphatic heterocycles. The van der Waals surface area contributed by atoms with Gasteiger partial charge in [-0.2, -0.15) is 10.1 Å². The van der Waals surface area contributed by atoms with Crippen LogP contribution in [0.4, 0.5) is 5.69 Å². The van der Waals surface area contributed by atoms with Crippen LogP contribution in [0.15, 0.2) is 71.8 Å². The molecule has 2 aromatic rings. The SMILES string of the molecule is O=C(CCl)N(/N=C/C=C/c1ccccc1)c1ccccc1. The molecule has 4 heteroatoms. The molecule has 0 atom stereocenters. The fraction of sp³-hybridized carbons (Fsp3) is 0.0588. The minimum Gasteiger partial charge on any atom is -0.271 e. The molecule has 0 fully saturated rings. The number of hydrazone groups is 1. The lowest BCUT2D eigenvalue weighted by molar-refractivity contribution is -0.116. The molecule has 0 spiro atoms. The van der Waals surface area contributed by atoms with Crippen LogP contribution in [0.2, 0.25) is 0 Å². The van der Waals surface area contributed by atoms with Gasteiger partial charge in [0.2, 0.25) is 0 Å². The topological polar surface area (TPSA) is 32.7 Å². The molecule has 0 N–H and O–H groups in total. The Bertz CT molecular complexity index is 624. The maximum Gasteiger partial charge on any atom is 0.262 e.